The minimum atomic E-state index is -1.73. The topological polar surface area (TPSA) is 0 Å². The molecule has 0 aromatic carbocycles. The van der Waals surface area contributed by atoms with Gasteiger partial charge in [-0.3, -0.25) is 0 Å². The van der Waals surface area contributed by atoms with Crippen molar-refractivity contribution in [3.63, 3.8) is 0 Å². The van der Waals surface area contributed by atoms with E-state index < -0.39 is 29.1 Å². The highest BCUT2D eigenvalue weighted by Crippen LogP contribution is 2.64. The second kappa shape index (κ2) is 6.18. The second-order valence-corrected chi connectivity index (χ2v) is 39.9. The van der Waals surface area contributed by atoms with E-state index >= 15 is 0 Å². The zero-order valence-electron chi connectivity index (χ0n) is 14.7. The van der Waals surface area contributed by atoms with Crippen molar-refractivity contribution in [2.45, 2.75) is 82.2 Å². The molecule has 0 N–H and O–H groups in total. The van der Waals surface area contributed by atoms with Gasteiger partial charge >= 0.3 is 0 Å². The van der Waals surface area contributed by atoms with E-state index in [1.54, 1.807) is 0 Å². The third kappa shape index (κ3) is 3.30. The first-order valence-corrected chi connectivity index (χ1v) is 24.0. The monoisotopic (exact) mass is 464 g/mol. The Morgan fingerprint density at radius 2 is 1.05 bits per heavy atom. The quantitative estimate of drug-likeness (QED) is 0.228. The molecule has 0 radical (unpaired) electrons. The maximum absolute atomic E-state index is 7.52. The van der Waals surface area contributed by atoms with Crippen molar-refractivity contribution in [1.29, 1.82) is 0 Å². The van der Waals surface area contributed by atoms with Gasteiger partial charge in [-0.15, -0.1) is 21.8 Å². The number of hydrogen-bond donors (Lipinski definition) is 0. The van der Waals surface area contributed by atoms with Gasteiger partial charge in [0.05, 0.1) is 0 Å². The molecule has 19 heavy (non-hydrogen) atoms. The van der Waals surface area contributed by atoms with Crippen LogP contribution in [0.4, 0.5) is 0 Å². The molecule has 0 fully saturated rings. The van der Waals surface area contributed by atoms with E-state index in [9.17, 15) is 0 Å². The lowest BCUT2D eigenvalue weighted by Gasteiger charge is -2.64. The van der Waals surface area contributed by atoms with Crippen LogP contribution in [0, 0.1) is 0 Å². The van der Waals surface area contributed by atoms with Crippen molar-refractivity contribution in [2.75, 3.05) is 0 Å². The summed E-state index contributed by atoms with van der Waals surface area (Å²) in [6.07, 6.45) is 0. The van der Waals surface area contributed by atoms with Crippen LogP contribution in [0.3, 0.4) is 0 Å². The zero-order valence-corrected chi connectivity index (χ0v) is 21.6. The molecular formula is C13H34ClISi4. The predicted molar refractivity (Wildman–Crippen MR) is 113 cm³/mol. The van der Waals surface area contributed by atoms with Gasteiger partial charge in [0, 0.05) is 16.1 Å². The molecule has 0 aromatic heterocycles. The van der Waals surface area contributed by atoms with E-state index in [4.69, 9.17) is 11.1 Å². The van der Waals surface area contributed by atoms with Crippen LogP contribution in [0.25, 0.3) is 0 Å². The van der Waals surface area contributed by atoms with Gasteiger partial charge in [-0.2, -0.15) is 11.1 Å². The first-order valence-electron chi connectivity index (χ1n) is 7.50. The van der Waals surface area contributed by atoms with Gasteiger partial charge in [0.15, 0.2) is 7.38 Å². The van der Waals surface area contributed by atoms with Crippen molar-refractivity contribution in [3.8, 4) is 0 Å². The third-order valence-corrected chi connectivity index (χ3v) is 49.1. The summed E-state index contributed by atoms with van der Waals surface area (Å²) in [6.45, 7) is 25.6. The fraction of sp³-hybridized carbons (Fsp3) is 1.00. The fourth-order valence-electron chi connectivity index (χ4n) is 5.57. The summed E-state index contributed by atoms with van der Waals surface area (Å²) < 4.78 is 0.575. The summed E-state index contributed by atoms with van der Waals surface area (Å²) in [6, 6.07) is 2.50. The van der Waals surface area contributed by atoms with Gasteiger partial charge in [0.25, 0.3) is 0 Å². The lowest BCUT2D eigenvalue weighted by molar-refractivity contribution is 1.14. The maximum atomic E-state index is 7.52. The van der Waals surface area contributed by atoms with Crippen molar-refractivity contribution in [1.82, 2.24) is 0 Å². The van der Waals surface area contributed by atoms with E-state index in [1.165, 1.54) is 12.1 Å². The van der Waals surface area contributed by atoms with Crippen LogP contribution in [-0.4, -0.2) is 29.1 Å². The van der Waals surface area contributed by atoms with Gasteiger partial charge in [-0.1, -0.05) is 66.2 Å². The molecule has 0 nitrogen and oxygen atoms in total. The molecule has 0 bridgehead atoms. The Labute approximate surface area is 143 Å². The van der Waals surface area contributed by atoms with Gasteiger partial charge < -0.3 is 0 Å². The van der Waals surface area contributed by atoms with E-state index in [-0.39, 0.29) is 0 Å². The largest absolute Gasteiger partial charge is 0.167 e. The molecule has 0 saturated carbocycles. The number of halogens is 2. The smallest absolute Gasteiger partial charge is 0.155 e. The van der Waals surface area contributed by atoms with Gasteiger partial charge in [-0.05, 0) is 16.0 Å². The molecular weight excluding hydrogens is 431 g/mol. The Kier molecular flexibility index (Phi) is 6.79. The molecule has 0 aromatic rings. The molecule has 0 aliphatic carbocycles. The lowest BCUT2D eigenvalue weighted by Crippen LogP contribution is -2.74. The molecule has 6 heteroatoms. The van der Waals surface area contributed by atoms with Crippen LogP contribution in [0.15, 0.2) is 0 Å². The van der Waals surface area contributed by atoms with Gasteiger partial charge in [0.1, 0.15) is 5.57 Å². The van der Waals surface area contributed by atoms with E-state index in [2.05, 4.69) is 88.0 Å². The van der Waals surface area contributed by atoms with Crippen molar-refractivity contribution in [2.24, 2.45) is 0 Å². The van der Waals surface area contributed by atoms with Crippen molar-refractivity contribution >= 4 is 62.0 Å². The van der Waals surface area contributed by atoms with Crippen LogP contribution in [-0.2, 0) is 0 Å². The molecule has 0 aliphatic heterocycles. The molecule has 116 valence electrons. The molecule has 0 aliphatic rings. The van der Waals surface area contributed by atoms with Crippen LogP contribution in [0.1, 0.15) is 13.8 Å². The molecule has 0 saturated heterocycles. The van der Waals surface area contributed by atoms with Crippen LogP contribution >= 0.6 is 32.9 Å². The average molecular weight is 465 g/mol. The van der Waals surface area contributed by atoms with E-state index in [0.29, 0.717) is 3.91 Å². The number of hydrogen-bond acceptors (Lipinski definition) is 0. The summed E-state index contributed by atoms with van der Waals surface area (Å²) >= 11 is 10.4. The summed E-state index contributed by atoms with van der Waals surface area (Å²) in [7, 11) is -4.41. The van der Waals surface area contributed by atoms with Crippen molar-refractivity contribution < 1.29 is 0 Å². The normalized spacial score (nSPS) is 15.8. The fourth-order valence-corrected chi connectivity index (χ4v) is 76.5. The van der Waals surface area contributed by atoms with Gasteiger partial charge in [0.2, 0.25) is 0 Å². The average Bonchev–Trinajstić information content (AvgIpc) is 2.10. The van der Waals surface area contributed by atoms with Crippen LogP contribution < -0.4 is 0 Å². The van der Waals surface area contributed by atoms with Crippen LogP contribution in [0.5, 0.6) is 0 Å². The Bertz CT molecular complexity index is 272. The second-order valence-electron chi connectivity index (χ2n) is 8.39. The van der Waals surface area contributed by atoms with E-state index in [1.807, 2.05) is 0 Å². The molecule has 0 spiro atoms. The minimum Gasteiger partial charge on any atom is -0.167 e. The highest BCUT2D eigenvalue weighted by atomic mass is 127. The predicted octanol–water partition coefficient (Wildman–Crippen LogP) is 6.89. The highest BCUT2D eigenvalue weighted by Gasteiger charge is 2.70. The van der Waals surface area contributed by atoms with Crippen molar-refractivity contribution in [3.05, 3.63) is 0 Å². The standard InChI is InChI=1S/C13H34ClISi4/c1-11-19(14,12-2)13(16(3,4)5,17(6,7)8)18(9,10)15/h11-12H2,1-10H3. The first kappa shape index (κ1) is 20.9. The highest BCUT2D eigenvalue weighted by molar-refractivity contribution is 14.1. The Hall–Kier alpha value is 1.89. The SMILES string of the molecule is CC[Si](Cl)(CC)C([Si](C)(C)C)([Si](C)(C)C)[Si](C)(C)I. The molecule has 0 unspecified atom stereocenters. The summed E-state index contributed by atoms with van der Waals surface area (Å²) in [5.74, 6) is 0. The van der Waals surface area contributed by atoms with E-state index in [0.717, 1.165) is 0 Å². The zero-order chi connectivity index (χ0) is 15.9. The maximum Gasteiger partial charge on any atom is 0.155 e. The van der Waals surface area contributed by atoms with Crippen LogP contribution in [0.2, 0.25) is 68.4 Å². The Balaban J connectivity index is 6.61. The molecule has 0 rings (SSSR count). The summed E-state index contributed by atoms with van der Waals surface area (Å²) in [5, 5.41) is 0. The lowest BCUT2D eigenvalue weighted by atomic mass is 10.9. The Morgan fingerprint density at radius 3 is 1.11 bits per heavy atom. The summed E-state index contributed by atoms with van der Waals surface area (Å²) in [4.78, 5) is 0. The molecule has 0 atom stereocenters. The molecule has 0 amide bonds. The summed E-state index contributed by atoms with van der Waals surface area (Å²) in [5.41, 5.74) is -1.36. The molecule has 0 heterocycles. The first-order chi connectivity index (χ1) is 8.12. The third-order valence-electron chi connectivity index (χ3n) is 4.93. The van der Waals surface area contributed by atoms with Gasteiger partial charge in [-0.25, -0.2) is 0 Å². The number of rotatable bonds is 6. The Morgan fingerprint density at radius 1 is 0.789 bits per heavy atom. The minimum absolute atomic E-state index is 0.575.